The van der Waals surface area contributed by atoms with Gasteiger partial charge in [-0.1, -0.05) is 58.4 Å². The first-order valence-corrected chi connectivity index (χ1v) is 10.4. The number of halogens is 1. The molecular formula is C18H18BrNO3S. The monoisotopic (exact) mass is 407 g/mol. The molecule has 1 heterocycles. The lowest BCUT2D eigenvalue weighted by atomic mass is 10.1. The van der Waals surface area contributed by atoms with Gasteiger partial charge in [0.05, 0.1) is 24.5 Å². The lowest BCUT2D eigenvalue weighted by Gasteiger charge is -2.30. The molecule has 24 heavy (non-hydrogen) atoms. The normalized spacial score (nSPS) is 25.7. The predicted molar refractivity (Wildman–Crippen MR) is 96.1 cm³/mol. The second kappa shape index (κ2) is 6.26. The molecule has 2 atom stereocenters. The predicted octanol–water partition coefficient (Wildman–Crippen LogP) is 3.28. The molecule has 0 bridgehead atoms. The molecule has 2 aromatic carbocycles. The molecule has 2 aromatic rings. The van der Waals surface area contributed by atoms with Crippen molar-refractivity contribution in [1.82, 2.24) is 4.31 Å². The van der Waals surface area contributed by atoms with Gasteiger partial charge in [-0.25, -0.2) is 8.42 Å². The van der Waals surface area contributed by atoms with E-state index in [2.05, 4.69) is 22.0 Å². The maximum Gasteiger partial charge on any atom is 0.217 e. The molecular weight excluding hydrogens is 390 g/mol. The highest BCUT2D eigenvalue weighted by Gasteiger charge is 2.44. The van der Waals surface area contributed by atoms with E-state index in [0.29, 0.717) is 6.54 Å². The molecule has 4 nitrogen and oxygen atoms in total. The zero-order valence-electron chi connectivity index (χ0n) is 13.1. The third-order valence-corrected chi connectivity index (χ3v) is 7.30. The zero-order chi connectivity index (χ0) is 16.7. The van der Waals surface area contributed by atoms with Crippen LogP contribution in [0, 0.1) is 0 Å². The molecule has 0 aromatic heterocycles. The number of rotatable bonds is 2. The summed E-state index contributed by atoms with van der Waals surface area (Å²) in [6.45, 7) is 0.604. The van der Waals surface area contributed by atoms with Gasteiger partial charge in [-0.05, 0) is 22.8 Å². The van der Waals surface area contributed by atoms with Gasteiger partial charge in [0.2, 0.25) is 10.0 Å². The van der Waals surface area contributed by atoms with Gasteiger partial charge in [0.15, 0.2) is 0 Å². The fourth-order valence-electron chi connectivity index (χ4n) is 3.61. The first-order valence-electron chi connectivity index (χ1n) is 7.98. The van der Waals surface area contributed by atoms with Crippen LogP contribution in [-0.4, -0.2) is 31.2 Å². The van der Waals surface area contributed by atoms with E-state index in [4.69, 9.17) is 4.74 Å². The van der Waals surface area contributed by atoms with Crippen LogP contribution in [-0.2, 0) is 27.7 Å². The molecule has 1 aliphatic carbocycles. The Bertz CT molecular complexity index is 868. The lowest BCUT2D eigenvalue weighted by molar-refractivity contribution is 0.0321. The summed E-state index contributed by atoms with van der Waals surface area (Å²) >= 11 is 3.53. The minimum absolute atomic E-state index is 0.0343. The highest BCUT2D eigenvalue weighted by atomic mass is 79.9. The molecule has 0 amide bonds. The minimum Gasteiger partial charge on any atom is -0.375 e. The maximum absolute atomic E-state index is 12.9. The SMILES string of the molecule is O=S1(=O)CCO[C@H]2Cc3ccccc3[C@H]2N1Cc1ccccc1Br. The van der Waals surface area contributed by atoms with Crippen molar-refractivity contribution in [3.8, 4) is 0 Å². The third kappa shape index (κ3) is 2.81. The van der Waals surface area contributed by atoms with Crippen molar-refractivity contribution in [3.05, 3.63) is 69.7 Å². The van der Waals surface area contributed by atoms with Gasteiger partial charge in [0, 0.05) is 17.4 Å². The smallest absolute Gasteiger partial charge is 0.217 e. The fourth-order valence-corrected chi connectivity index (χ4v) is 5.50. The summed E-state index contributed by atoms with van der Waals surface area (Å²) in [7, 11) is -3.38. The molecule has 6 heteroatoms. The summed E-state index contributed by atoms with van der Waals surface area (Å²) < 4.78 is 34.3. The Hall–Kier alpha value is -1.21. The van der Waals surface area contributed by atoms with Crippen molar-refractivity contribution >= 4 is 26.0 Å². The molecule has 0 N–H and O–H groups in total. The summed E-state index contributed by atoms with van der Waals surface area (Å²) in [5, 5.41) is 0. The van der Waals surface area contributed by atoms with E-state index in [1.54, 1.807) is 4.31 Å². The van der Waals surface area contributed by atoms with E-state index in [9.17, 15) is 8.42 Å². The summed E-state index contributed by atoms with van der Waals surface area (Å²) in [6.07, 6.45) is 0.658. The molecule has 1 saturated heterocycles. The van der Waals surface area contributed by atoms with Gasteiger partial charge in [-0.3, -0.25) is 0 Å². The molecule has 126 valence electrons. The van der Waals surface area contributed by atoms with E-state index in [-0.39, 0.29) is 24.5 Å². The number of benzene rings is 2. The molecule has 0 saturated carbocycles. The molecule has 0 radical (unpaired) electrons. The Balaban J connectivity index is 1.79. The minimum atomic E-state index is -3.38. The van der Waals surface area contributed by atoms with E-state index in [1.165, 1.54) is 5.56 Å². The first-order chi connectivity index (χ1) is 11.6. The van der Waals surface area contributed by atoms with Crippen LogP contribution < -0.4 is 0 Å². The Morgan fingerprint density at radius 1 is 1.12 bits per heavy atom. The van der Waals surface area contributed by atoms with Crippen LogP contribution in [0.2, 0.25) is 0 Å². The molecule has 0 spiro atoms. The van der Waals surface area contributed by atoms with Gasteiger partial charge >= 0.3 is 0 Å². The van der Waals surface area contributed by atoms with E-state index in [1.807, 2.05) is 42.5 Å². The Kier molecular flexibility index (Phi) is 4.24. The van der Waals surface area contributed by atoms with Crippen LogP contribution in [0.25, 0.3) is 0 Å². The van der Waals surface area contributed by atoms with Crippen molar-refractivity contribution in [1.29, 1.82) is 0 Å². The van der Waals surface area contributed by atoms with Crippen molar-refractivity contribution in [2.45, 2.75) is 25.1 Å². The number of fused-ring (bicyclic) bond motifs is 3. The van der Waals surface area contributed by atoms with Crippen LogP contribution in [0.15, 0.2) is 53.0 Å². The average Bonchev–Trinajstić information content (AvgIpc) is 2.86. The standard InChI is InChI=1S/C18H18BrNO3S/c19-16-8-4-2-6-14(16)12-20-18-15-7-3-1-5-13(15)11-17(18)23-9-10-24(20,21)22/h1-8,17-18H,9-12H2/t17-,18+/m0/s1. The van der Waals surface area contributed by atoms with Crippen LogP contribution in [0.5, 0.6) is 0 Å². The van der Waals surface area contributed by atoms with Gasteiger partial charge in [0.1, 0.15) is 0 Å². The van der Waals surface area contributed by atoms with E-state index < -0.39 is 10.0 Å². The van der Waals surface area contributed by atoms with Crippen LogP contribution in [0.3, 0.4) is 0 Å². The molecule has 4 rings (SSSR count). The Labute approximate surface area is 150 Å². The maximum atomic E-state index is 12.9. The molecule has 1 fully saturated rings. The number of ether oxygens (including phenoxy) is 1. The van der Waals surface area contributed by atoms with Crippen LogP contribution in [0.1, 0.15) is 22.7 Å². The zero-order valence-corrected chi connectivity index (χ0v) is 15.5. The number of hydrogen-bond donors (Lipinski definition) is 0. The fraction of sp³-hybridized carbons (Fsp3) is 0.333. The molecule has 1 aliphatic heterocycles. The number of hydrogen-bond acceptors (Lipinski definition) is 3. The highest BCUT2D eigenvalue weighted by molar-refractivity contribution is 9.10. The second-order valence-electron chi connectivity index (χ2n) is 6.21. The topological polar surface area (TPSA) is 46.6 Å². The Morgan fingerprint density at radius 2 is 1.88 bits per heavy atom. The van der Waals surface area contributed by atoms with Crippen LogP contribution in [0.4, 0.5) is 0 Å². The highest BCUT2D eigenvalue weighted by Crippen LogP contribution is 2.41. The van der Waals surface area contributed by atoms with Gasteiger partial charge < -0.3 is 4.74 Å². The quantitative estimate of drug-likeness (QED) is 0.767. The van der Waals surface area contributed by atoms with Crippen molar-refractivity contribution in [2.75, 3.05) is 12.4 Å². The molecule has 0 unspecified atom stereocenters. The van der Waals surface area contributed by atoms with Gasteiger partial charge in [-0.2, -0.15) is 4.31 Å². The average molecular weight is 408 g/mol. The van der Waals surface area contributed by atoms with E-state index >= 15 is 0 Å². The molecule has 2 aliphatic rings. The van der Waals surface area contributed by atoms with Gasteiger partial charge in [0.25, 0.3) is 0 Å². The second-order valence-corrected chi connectivity index (χ2v) is 9.11. The summed E-state index contributed by atoms with van der Waals surface area (Å²) in [5.41, 5.74) is 3.22. The third-order valence-electron chi connectivity index (χ3n) is 4.77. The number of nitrogens with zero attached hydrogens (tertiary/aromatic N) is 1. The number of sulfonamides is 1. The first kappa shape index (κ1) is 16.3. The lowest BCUT2D eigenvalue weighted by Crippen LogP contribution is -2.37. The van der Waals surface area contributed by atoms with Gasteiger partial charge in [-0.15, -0.1) is 0 Å². The summed E-state index contributed by atoms with van der Waals surface area (Å²) in [4.78, 5) is 0. The Morgan fingerprint density at radius 3 is 2.71 bits per heavy atom. The summed E-state index contributed by atoms with van der Waals surface area (Å²) in [6, 6.07) is 15.6. The summed E-state index contributed by atoms with van der Waals surface area (Å²) in [5.74, 6) is 0.0343. The van der Waals surface area contributed by atoms with Crippen molar-refractivity contribution < 1.29 is 13.2 Å². The van der Waals surface area contributed by atoms with E-state index in [0.717, 1.165) is 22.0 Å². The van der Waals surface area contributed by atoms with Crippen LogP contribution >= 0.6 is 15.9 Å². The van der Waals surface area contributed by atoms with Crippen molar-refractivity contribution in [2.24, 2.45) is 0 Å². The largest absolute Gasteiger partial charge is 0.375 e. The van der Waals surface area contributed by atoms with Crippen molar-refractivity contribution in [3.63, 3.8) is 0 Å².